The van der Waals surface area contributed by atoms with E-state index in [1.165, 1.54) is 35.2 Å². The van der Waals surface area contributed by atoms with E-state index in [2.05, 4.69) is 5.32 Å². The SMILES string of the molecule is CC[C@H](C)NC(=O)[C@H](Cc1ccccc1)N(Cc1ccc(Cl)c(Cl)c1)C(=O)CN(c1ccc(F)cc1)S(=O)(=O)c1ccc2c(c1)OCCO2. The fraction of sp³-hybridized carbons (Fsp3) is 0.278. The molecule has 1 aliphatic heterocycles. The number of sulfonamides is 1. The van der Waals surface area contributed by atoms with Gasteiger partial charge in [0, 0.05) is 25.1 Å². The van der Waals surface area contributed by atoms with Crippen molar-refractivity contribution in [1.29, 1.82) is 0 Å². The Kier molecular flexibility index (Phi) is 11.7. The number of nitrogens with one attached hydrogen (secondary N) is 1. The molecule has 1 N–H and O–H groups in total. The number of ether oxygens (including phenoxy) is 2. The van der Waals surface area contributed by atoms with Crippen LogP contribution in [0.25, 0.3) is 0 Å². The van der Waals surface area contributed by atoms with Crippen molar-refractivity contribution in [2.45, 2.75) is 50.2 Å². The van der Waals surface area contributed by atoms with Crippen molar-refractivity contribution in [3.05, 3.63) is 118 Å². The molecule has 0 saturated heterocycles. The summed E-state index contributed by atoms with van der Waals surface area (Å²) in [5.74, 6) is -1.05. The van der Waals surface area contributed by atoms with E-state index in [1.807, 2.05) is 44.2 Å². The third kappa shape index (κ3) is 8.83. The summed E-state index contributed by atoms with van der Waals surface area (Å²) in [5.41, 5.74) is 1.40. The van der Waals surface area contributed by atoms with Crippen LogP contribution in [0.15, 0.2) is 95.9 Å². The van der Waals surface area contributed by atoms with Gasteiger partial charge in [0.25, 0.3) is 10.0 Å². The molecule has 0 spiro atoms. The predicted molar refractivity (Wildman–Crippen MR) is 187 cm³/mol. The van der Waals surface area contributed by atoms with Crippen LogP contribution in [0.1, 0.15) is 31.4 Å². The van der Waals surface area contributed by atoms with Gasteiger partial charge in [0.05, 0.1) is 20.6 Å². The molecule has 1 heterocycles. The molecule has 4 aromatic carbocycles. The highest BCUT2D eigenvalue weighted by molar-refractivity contribution is 7.92. The Morgan fingerprint density at radius 3 is 2.24 bits per heavy atom. The number of hydrogen-bond acceptors (Lipinski definition) is 6. The maximum Gasteiger partial charge on any atom is 0.264 e. The number of hydrogen-bond donors (Lipinski definition) is 1. The van der Waals surface area contributed by atoms with Crippen molar-refractivity contribution >= 4 is 50.7 Å². The number of nitrogens with zero attached hydrogens (tertiary/aromatic N) is 2. The quantitative estimate of drug-likeness (QED) is 0.165. The van der Waals surface area contributed by atoms with E-state index >= 15 is 0 Å². The molecule has 5 rings (SSSR count). The number of carbonyl (C=O) groups excluding carboxylic acids is 2. The zero-order valence-corrected chi connectivity index (χ0v) is 29.3. The molecule has 13 heteroatoms. The Labute approximate surface area is 295 Å². The van der Waals surface area contributed by atoms with E-state index in [-0.39, 0.29) is 47.0 Å². The molecule has 0 aromatic heterocycles. The minimum atomic E-state index is -4.45. The molecule has 0 fully saturated rings. The first-order valence-electron chi connectivity index (χ1n) is 15.7. The van der Waals surface area contributed by atoms with E-state index in [4.69, 9.17) is 32.7 Å². The average Bonchev–Trinajstić information content (AvgIpc) is 3.10. The van der Waals surface area contributed by atoms with Crippen molar-refractivity contribution in [1.82, 2.24) is 10.2 Å². The standard InChI is InChI=1S/C36H36Cl2FN3O6S/c1-3-24(2)40-36(44)32(20-25-7-5-4-6-8-25)41(22-26-9-15-30(37)31(38)19-26)35(43)23-42(28-12-10-27(39)11-13-28)49(45,46)29-14-16-33-34(21-29)48-18-17-47-33/h4-16,19,21,24,32H,3,17-18,20,22-23H2,1-2H3,(H,40,44)/t24-,32-/m0/s1. The zero-order chi connectivity index (χ0) is 35.1. The molecule has 2 amide bonds. The minimum Gasteiger partial charge on any atom is -0.486 e. The Hall–Kier alpha value is -4.32. The topological polar surface area (TPSA) is 105 Å². The molecular weight excluding hydrogens is 692 g/mol. The van der Waals surface area contributed by atoms with Crippen LogP contribution in [0.5, 0.6) is 11.5 Å². The van der Waals surface area contributed by atoms with Gasteiger partial charge in [0.15, 0.2) is 11.5 Å². The van der Waals surface area contributed by atoms with Crippen LogP contribution >= 0.6 is 23.2 Å². The van der Waals surface area contributed by atoms with E-state index in [0.29, 0.717) is 29.4 Å². The second-order valence-corrected chi connectivity index (χ2v) is 14.3. The van der Waals surface area contributed by atoms with Gasteiger partial charge in [-0.05, 0) is 73.0 Å². The first-order valence-corrected chi connectivity index (χ1v) is 17.9. The van der Waals surface area contributed by atoms with Crippen LogP contribution in [0.4, 0.5) is 10.1 Å². The lowest BCUT2D eigenvalue weighted by Crippen LogP contribution is -2.54. The summed E-state index contributed by atoms with van der Waals surface area (Å²) in [6, 6.07) is 21.8. The van der Waals surface area contributed by atoms with E-state index in [0.717, 1.165) is 22.0 Å². The molecule has 0 unspecified atom stereocenters. The second kappa shape index (κ2) is 15.9. The minimum absolute atomic E-state index is 0.0443. The number of rotatable bonds is 13. The lowest BCUT2D eigenvalue weighted by Gasteiger charge is -2.34. The highest BCUT2D eigenvalue weighted by Crippen LogP contribution is 2.34. The Morgan fingerprint density at radius 1 is 0.878 bits per heavy atom. The zero-order valence-electron chi connectivity index (χ0n) is 26.9. The largest absolute Gasteiger partial charge is 0.486 e. The van der Waals surface area contributed by atoms with Crippen molar-refractivity contribution in [2.75, 3.05) is 24.1 Å². The molecule has 0 radical (unpaired) electrons. The molecule has 9 nitrogen and oxygen atoms in total. The van der Waals surface area contributed by atoms with Crippen LogP contribution in [0.2, 0.25) is 10.0 Å². The fourth-order valence-corrected chi connectivity index (χ4v) is 7.03. The maximum absolute atomic E-state index is 14.6. The van der Waals surface area contributed by atoms with Gasteiger partial charge >= 0.3 is 0 Å². The van der Waals surface area contributed by atoms with Crippen molar-refractivity contribution in [3.63, 3.8) is 0 Å². The Bertz CT molecular complexity index is 1900. The molecule has 0 bridgehead atoms. The predicted octanol–water partition coefficient (Wildman–Crippen LogP) is 6.65. The molecular formula is C36H36Cl2FN3O6S. The van der Waals surface area contributed by atoms with E-state index < -0.39 is 40.2 Å². The lowest BCUT2D eigenvalue weighted by molar-refractivity contribution is -0.140. The molecule has 49 heavy (non-hydrogen) atoms. The highest BCUT2D eigenvalue weighted by Gasteiger charge is 2.35. The van der Waals surface area contributed by atoms with Gasteiger partial charge in [-0.3, -0.25) is 13.9 Å². The second-order valence-electron chi connectivity index (χ2n) is 11.6. The maximum atomic E-state index is 14.6. The van der Waals surface area contributed by atoms with Gasteiger partial charge in [-0.25, -0.2) is 12.8 Å². The van der Waals surface area contributed by atoms with Crippen molar-refractivity contribution < 1.29 is 31.9 Å². The first kappa shape index (κ1) is 36.0. The van der Waals surface area contributed by atoms with Gasteiger partial charge in [0.2, 0.25) is 11.8 Å². The number of amides is 2. The van der Waals surface area contributed by atoms with Crippen LogP contribution in [0.3, 0.4) is 0 Å². The summed E-state index contributed by atoms with van der Waals surface area (Å²) in [6.45, 7) is 3.53. The Balaban J connectivity index is 1.59. The van der Waals surface area contributed by atoms with E-state index in [9.17, 15) is 22.4 Å². The summed E-state index contributed by atoms with van der Waals surface area (Å²) in [6.07, 6.45) is 0.790. The summed E-state index contributed by atoms with van der Waals surface area (Å²) in [4.78, 5) is 29.8. The normalized spacial score (nSPS) is 13.7. The van der Waals surface area contributed by atoms with Crippen LogP contribution in [-0.4, -0.2) is 57.0 Å². The van der Waals surface area contributed by atoms with Gasteiger partial charge in [-0.1, -0.05) is 66.5 Å². The van der Waals surface area contributed by atoms with Gasteiger partial charge in [-0.2, -0.15) is 0 Å². The number of benzene rings is 4. The highest BCUT2D eigenvalue weighted by atomic mass is 35.5. The van der Waals surface area contributed by atoms with Gasteiger partial charge < -0.3 is 19.7 Å². The van der Waals surface area contributed by atoms with Gasteiger partial charge in [-0.15, -0.1) is 0 Å². The van der Waals surface area contributed by atoms with Crippen LogP contribution in [0, 0.1) is 5.82 Å². The molecule has 1 aliphatic rings. The van der Waals surface area contributed by atoms with Crippen molar-refractivity contribution in [3.8, 4) is 11.5 Å². The summed E-state index contributed by atoms with van der Waals surface area (Å²) in [5, 5.41) is 3.55. The fourth-order valence-electron chi connectivity index (χ4n) is 5.28. The number of anilines is 1. The third-order valence-electron chi connectivity index (χ3n) is 8.10. The Morgan fingerprint density at radius 2 is 1.57 bits per heavy atom. The molecule has 4 aromatic rings. The molecule has 2 atom stereocenters. The monoisotopic (exact) mass is 727 g/mol. The van der Waals surface area contributed by atoms with Crippen LogP contribution in [-0.2, 0) is 32.6 Å². The van der Waals surface area contributed by atoms with Crippen LogP contribution < -0.4 is 19.1 Å². The molecule has 0 aliphatic carbocycles. The molecule has 0 saturated carbocycles. The average molecular weight is 729 g/mol. The lowest BCUT2D eigenvalue weighted by atomic mass is 10.0. The third-order valence-corrected chi connectivity index (χ3v) is 10.6. The number of carbonyl (C=O) groups is 2. The summed E-state index contributed by atoms with van der Waals surface area (Å²) >= 11 is 12.5. The summed E-state index contributed by atoms with van der Waals surface area (Å²) < 4.78 is 54.8. The van der Waals surface area contributed by atoms with E-state index in [1.54, 1.807) is 18.2 Å². The first-order chi connectivity index (χ1) is 23.5. The molecule has 258 valence electrons. The number of fused-ring (bicyclic) bond motifs is 1. The van der Waals surface area contributed by atoms with Crippen molar-refractivity contribution in [2.24, 2.45) is 0 Å². The summed E-state index contributed by atoms with van der Waals surface area (Å²) in [7, 11) is -4.45. The number of halogens is 3. The van der Waals surface area contributed by atoms with Gasteiger partial charge in [0.1, 0.15) is 31.6 Å². The smallest absolute Gasteiger partial charge is 0.264 e.